The number of hydrogen-bond acceptors (Lipinski definition) is 9. The van der Waals surface area contributed by atoms with Crippen LogP contribution in [0.3, 0.4) is 0 Å². The molecule has 2 aromatic carbocycles. The largest absolute Gasteiger partial charge is 0.455 e. The number of aliphatic hydroxyl groups is 1. The Balaban J connectivity index is 1.28. The number of carbonyl (C=O) groups excluding carboxylic acids is 4. The van der Waals surface area contributed by atoms with Crippen LogP contribution in [0.4, 0.5) is 0 Å². The summed E-state index contributed by atoms with van der Waals surface area (Å²) in [7, 11) is 0. The van der Waals surface area contributed by atoms with E-state index in [1.54, 1.807) is 26.6 Å². The third-order valence-electron chi connectivity index (χ3n) is 10.5. The zero-order chi connectivity index (χ0) is 36.7. The molecule has 3 fully saturated rings. The molecule has 3 aliphatic rings. The van der Waals surface area contributed by atoms with E-state index in [0.29, 0.717) is 49.7 Å². The van der Waals surface area contributed by atoms with Crippen molar-refractivity contribution in [2.24, 2.45) is 11.8 Å². The molecule has 2 bridgehead atoms. The molecule has 2 N–H and O–H groups in total. The second-order valence-electron chi connectivity index (χ2n) is 13.8. The topological polar surface area (TPSA) is 156 Å². The number of aliphatic hydroxyl groups excluding tert-OH is 1. The summed E-state index contributed by atoms with van der Waals surface area (Å²) in [5.74, 6) is -3.24. The number of nitrogens with zero attached hydrogens (tertiary/aromatic N) is 5. The molecule has 1 spiro atoms. The van der Waals surface area contributed by atoms with Crippen LogP contribution < -0.4 is 5.32 Å². The summed E-state index contributed by atoms with van der Waals surface area (Å²) in [6, 6.07) is 15.7. The van der Waals surface area contributed by atoms with Gasteiger partial charge >= 0.3 is 5.97 Å². The predicted molar refractivity (Wildman–Crippen MR) is 192 cm³/mol. The first-order valence-corrected chi connectivity index (χ1v) is 18.2. The van der Waals surface area contributed by atoms with Crippen molar-refractivity contribution in [3.63, 3.8) is 0 Å². The van der Waals surface area contributed by atoms with Crippen LogP contribution in [0, 0.1) is 11.8 Å². The fourth-order valence-electron chi connectivity index (χ4n) is 8.06. The van der Waals surface area contributed by atoms with Crippen molar-refractivity contribution < 1.29 is 33.8 Å². The Hall–Kier alpha value is -4.88. The van der Waals surface area contributed by atoms with Gasteiger partial charge in [0.25, 0.3) is 0 Å². The second-order valence-corrected chi connectivity index (χ2v) is 13.8. The van der Waals surface area contributed by atoms with Crippen LogP contribution in [-0.2, 0) is 35.3 Å². The lowest BCUT2D eigenvalue weighted by Gasteiger charge is -2.36. The number of carbonyl (C=O) groups is 4. The van der Waals surface area contributed by atoms with Crippen molar-refractivity contribution in [2.75, 3.05) is 26.2 Å². The standard InChI is InChI=1S/C39H48N6O7/c1-3-5-19-32(47)40-25-31(27-15-9-8-10-16-27)51-38(50)33-30-20-21-39(52-30)34(33)36(48)44(23-13-6-7-14-24-46)35(39)37(49)43(22-4-2)26-45-29-18-12-11-17-28(29)41-42-45/h3-4,8-12,15-18,30-31,33-35,46H,1-2,5-7,13-14,19-26H2,(H,40,47)/t30-,31+,33+,34+,35-,39+/m0/s1. The Morgan fingerprint density at radius 1 is 1.08 bits per heavy atom. The molecule has 3 amide bonds. The van der Waals surface area contributed by atoms with Gasteiger partial charge in [-0.05, 0) is 49.8 Å². The fourth-order valence-corrected chi connectivity index (χ4v) is 8.06. The molecule has 13 nitrogen and oxygen atoms in total. The van der Waals surface area contributed by atoms with Crippen LogP contribution in [0.1, 0.15) is 63.0 Å². The molecular formula is C39H48N6O7. The SMILES string of the molecule is C=CCCC(=O)NC[C@@H](OC(=O)[C@@H]1[C@@H]2CC[C@]3(O2)[C@H](C(=O)N(CC=C)Cn2nnc4ccccc42)N(CCCCCCO)C(=O)[C@@H]13)c1ccccc1. The second kappa shape index (κ2) is 16.6. The van der Waals surface area contributed by atoms with Gasteiger partial charge in [0.05, 0.1) is 30.0 Å². The van der Waals surface area contributed by atoms with Gasteiger partial charge in [0.1, 0.15) is 29.9 Å². The van der Waals surface area contributed by atoms with Crippen molar-refractivity contribution in [2.45, 2.75) is 81.9 Å². The van der Waals surface area contributed by atoms with E-state index in [4.69, 9.17) is 9.47 Å². The van der Waals surface area contributed by atoms with Gasteiger partial charge in [-0.2, -0.15) is 0 Å². The molecule has 3 aliphatic heterocycles. The van der Waals surface area contributed by atoms with Gasteiger partial charge in [0, 0.05) is 26.1 Å². The minimum Gasteiger partial charge on any atom is -0.455 e. The summed E-state index contributed by atoms with van der Waals surface area (Å²) in [6.45, 7) is 8.27. The highest BCUT2D eigenvalue weighted by molar-refractivity contribution is 5.98. The lowest BCUT2D eigenvalue weighted by molar-refractivity contribution is -0.160. The van der Waals surface area contributed by atoms with Crippen molar-refractivity contribution in [1.82, 2.24) is 30.1 Å². The highest BCUT2D eigenvalue weighted by Crippen LogP contribution is 2.59. The number of rotatable bonds is 19. The zero-order valence-electron chi connectivity index (χ0n) is 29.5. The molecule has 0 radical (unpaired) electrons. The van der Waals surface area contributed by atoms with Crippen molar-refractivity contribution in [3.8, 4) is 0 Å². The monoisotopic (exact) mass is 712 g/mol. The molecule has 6 rings (SSSR count). The van der Waals surface area contributed by atoms with Crippen molar-refractivity contribution in [1.29, 1.82) is 0 Å². The molecule has 0 unspecified atom stereocenters. The van der Waals surface area contributed by atoms with Gasteiger partial charge in [0.15, 0.2) is 0 Å². The molecule has 4 heterocycles. The number of esters is 1. The van der Waals surface area contributed by atoms with Gasteiger partial charge in [-0.25, -0.2) is 4.68 Å². The predicted octanol–water partition coefficient (Wildman–Crippen LogP) is 3.70. The third kappa shape index (κ3) is 7.38. The smallest absolute Gasteiger partial charge is 0.313 e. The molecule has 0 aliphatic carbocycles. The maximum atomic E-state index is 14.8. The van der Waals surface area contributed by atoms with Gasteiger partial charge < -0.3 is 29.7 Å². The zero-order valence-corrected chi connectivity index (χ0v) is 29.5. The number of nitrogens with one attached hydrogen (secondary N) is 1. The minimum absolute atomic E-state index is 0.0578. The van der Waals surface area contributed by atoms with E-state index < -0.39 is 41.7 Å². The number of benzene rings is 2. The number of amides is 3. The Bertz CT molecular complexity index is 1760. The molecule has 276 valence electrons. The quantitative estimate of drug-likeness (QED) is 0.108. The Morgan fingerprint density at radius 2 is 1.85 bits per heavy atom. The van der Waals surface area contributed by atoms with Gasteiger partial charge in [-0.1, -0.05) is 72.7 Å². The normalized spacial score (nSPS) is 23.7. The van der Waals surface area contributed by atoms with E-state index >= 15 is 0 Å². The first-order valence-electron chi connectivity index (χ1n) is 18.2. The van der Waals surface area contributed by atoms with E-state index in [0.717, 1.165) is 18.4 Å². The van der Waals surface area contributed by atoms with Crippen molar-refractivity contribution >= 4 is 34.7 Å². The lowest BCUT2D eigenvalue weighted by Crippen LogP contribution is -2.56. The van der Waals surface area contributed by atoms with Crippen molar-refractivity contribution in [3.05, 3.63) is 85.5 Å². The first kappa shape index (κ1) is 36.9. The number of aromatic nitrogens is 3. The van der Waals surface area contributed by atoms with E-state index in [2.05, 4.69) is 28.8 Å². The third-order valence-corrected chi connectivity index (χ3v) is 10.5. The van der Waals surface area contributed by atoms with Crippen LogP contribution in [-0.4, -0.2) is 97.6 Å². The molecule has 0 saturated carbocycles. The highest BCUT2D eigenvalue weighted by Gasteiger charge is 2.75. The maximum absolute atomic E-state index is 14.8. The van der Waals surface area contributed by atoms with E-state index in [1.807, 2.05) is 54.6 Å². The Morgan fingerprint density at radius 3 is 2.62 bits per heavy atom. The number of allylic oxidation sites excluding steroid dienone is 1. The van der Waals surface area contributed by atoms with Gasteiger partial charge in [-0.3, -0.25) is 19.2 Å². The number of likely N-dealkylation sites (tertiary alicyclic amines) is 1. The summed E-state index contributed by atoms with van der Waals surface area (Å²) in [4.78, 5) is 59.4. The van der Waals surface area contributed by atoms with E-state index in [9.17, 15) is 24.3 Å². The average Bonchev–Trinajstić information content (AvgIpc) is 3.91. The number of unbranched alkanes of at least 4 members (excludes halogenated alkanes) is 3. The molecule has 3 saturated heterocycles. The fraction of sp³-hybridized carbons (Fsp3) is 0.487. The minimum atomic E-state index is -1.22. The summed E-state index contributed by atoms with van der Waals surface area (Å²) < 4.78 is 14.5. The van der Waals surface area contributed by atoms with E-state index in [1.165, 1.54) is 0 Å². The van der Waals surface area contributed by atoms with E-state index in [-0.39, 0.29) is 50.5 Å². The van der Waals surface area contributed by atoms with Crippen LogP contribution in [0.5, 0.6) is 0 Å². The average molecular weight is 713 g/mol. The summed E-state index contributed by atoms with van der Waals surface area (Å²) >= 11 is 0. The highest BCUT2D eigenvalue weighted by atomic mass is 16.6. The number of para-hydroxylation sites is 1. The van der Waals surface area contributed by atoms with Gasteiger partial charge in [-0.15, -0.1) is 18.3 Å². The first-order chi connectivity index (χ1) is 25.3. The van der Waals surface area contributed by atoms with Crippen LogP contribution in [0.2, 0.25) is 0 Å². The summed E-state index contributed by atoms with van der Waals surface area (Å²) in [5, 5.41) is 20.7. The van der Waals surface area contributed by atoms with Gasteiger partial charge in [0.2, 0.25) is 17.7 Å². The Kier molecular flexibility index (Phi) is 11.8. The molecule has 13 heteroatoms. The maximum Gasteiger partial charge on any atom is 0.313 e. The Labute approximate surface area is 303 Å². The van der Waals surface area contributed by atoms with Crippen LogP contribution in [0.15, 0.2) is 79.9 Å². The number of fused-ring (bicyclic) bond motifs is 2. The molecular weight excluding hydrogens is 664 g/mol. The number of ether oxygens (including phenoxy) is 2. The van der Waals surface area contributed by atoms with Crippen LogP contribution >= 0.6 is 0 Å². The summed E-state index contributed by atoms with van der Waals surface area (Å²) in [5.41, 5.74) is 0.930. The van der Waals surface area contributed by atoms with Crippen LogP contribution in [0.25, 0.3) is 11.0 Å². The molecule has 6 atom stereocenters. The molecule has 52 heavy (non-hydrogen) atoms. The lowest BCUT2D eigenvalue weighted by atomic mass is 9.70. The summed E-state index contributed by atoms with van der Waals surface area (Å²) in [6.07, 6.45) is 6.42. The number of hydrogen-bond donors (Lipinski definition) is 2. The molecule has 3 aromatic rings. The molecule has 1 aromatic heterocycles.